The van der Waals surface area contributed by atoms with Crippen molar-refractivity contribution in [3.05, 3.63) is 11.6 Å². The molecule has 0 amide bonds. The van der Waals surface area contributed by atoms with Crippen LogP contribution in [0.1, 0.15) is 113 Å². The number of fused-ring (bicyclic) bond motifs is 7. The number of hydrogen-bond donors (Lipinski definition) is 10. The summed E-state index contributed by atoms with van der Waals surface area (Å²) >= 11 is 0. The number of hydrogen-bond acceptors (Lipinski definition) is 17. The number of ether oxygens (including phenoxy) is 6. The van der Waals surface area contributed by atoms with Crippen LogP contribution in [0, 0.1) is 50.2 Å². The third-order valence-electron chi connectivity index (χ3n) is 18.9. The van der Waals surface area contributed by atoms with E-state index in [-0.39, 0.29) is 39.4 Å². The summed E-state index contributed by atoms with van der Waals surface area (Å²) < 4.78 is 35.1. The summed E-state index contributed by atoms with van der Waals surface area (Å²) in [6, 6.07) is 0. The van der Waals surface area contributed by atoms with Gasteiger partial charge in [-0.1, -0.05) is 60.1 Å². The number of carboxylic acids is 1. The highest BCUT2D eigenvalue weighted by atomic mass is 16.7. The Morgan fingerprint density at radius 3 is 2.06 bits per heavy atom. The zero-order chi connectivity index (χ0) is 47.6. The molecule has 18 nitrogen and oxygen atoms in total. The van der Waals surface area contributed by atoms with Gasteiger partial charge in [0.05, 0.1) is 24.7 Å². The van der Waals surface area contributed by atoms with E-state index in [1.165, 1.54) is 5.57 Å². The molecule has 0 spiro atoms. The summed E-state index contributed by atoms with van der Waals surface area (Å²) in [4.78, 5) is 27.0. The molecule has 8 aliphatic rings. The smallest absolute Gasteiger partial charge is 0.335 e. The van der Waals surface area contributed by atoms with Gasteiger partial charge in [-0.3, -0.25) is 4.79 Å². The van der Waals surface area contributed by atoms with Crippen LogP contribution in [0.5, 0.6) is 0 Å². The van der Waals surface area contributed by atoms with E-state index in [0.29, 0.717) is 19.3 Å². The van der Waals surface area contributed by atoms with E-state index in [0.717, 1.165) is 44.9 Å². The molecule has 0 aromatic rings. The van der Waals surface area contributed by atoms with Gasteiger partial charge in [0.25, 0.3) is 0 Å². The average molecular weight is 927 g/mol. The summed E-state index contributed by atoms with van der Waals surface area (Å²) in [7, 11) is 0. The van der Waals surface area contributed by atoms with Crippen molar-refractivity contribution in [3.8, 4) is 0 Å². The molecule has 4 saturated carbocycles. The van der Waals surface area contributed by atoms with Crippen molar-refractivity contribution in [2.75, 3.05) is 13.2 Å². The number of allylic oxidation sites excluding steroid dienone is 2. The van der Waals surface area contributed by atoms with Gasteiger partial charge in [0.1, 0.15) is 61.0 Å². The van der Waals surface area contributed by atoms with Crippen molar-refractivity contribution in [1.82, 2.24) is 0 Å². The van der Waals surface area contributed by atoms with Crippen molar-refractivity contribution in [2.24, 2.45) is 50.2 Å². The predicted octanol–water partition coefficient (Wildman–Crippen LogP) is 0.872. The van der Waals surface area contributed by atoms with Gasteiger partial charge < -0.3 is 79.5 Å². The molecule has 3 aliphatic heterocycles. The molecule has 8 rings (SSSR count). The van der Waals surface area contributed by atoms with Crippen LogP contribution in [0.2, 0.25) is 0 Å². The third-order valence-corrected chi connectivity index (χ3v) is 18.9. The van der Waals surface area contributed by atoms with E-state index in [1.807, 2.05) is 0 Å². The first-order valence-corrected chi connectivity index (χ1v) is 23.7. The van der Waals surface area contributed by atoms with Crippen molar-refractivity contribution in [1.29, 1.82) is 0 Å². The maximum atomic E-state index is 14.7. The van der Waals surface area contributed by atoms with Crippen LogP contribution in [0.15, 0.2) is 11.6 Å². The topological polar surface area (TPSA) is 292 Å². The molecule has 18 heteroatoms. The van der Waals surface area contributed by atoms with Crippen LogP contribution in [0.25, 0.3) is 0 Å². The fraction of sp³-hybridized carbons (Fsp3) is 0.915. The summed E-state index contributed by atoms with van der Waals surface area (Å²) in [5, 5.41) is 105. The number of carbonyl (C=O) groups excluding carboxylic acids is 1. The van der Waals surface area contributed by atoms with Gasteiger partial charge in [-0.2, -0.15) is 0 Å². The molecular formula is C47H74O18. The van der Waals surface area contributed by atoms with Crippen LogP contribution >= 0.6 is 0 Å². The van der Waals surface area contributed by atoms with Gasteiger partial charge >= 0.3 is 11.9 Å². The molecule has 370 valence electrons. The monoisotopic (exact) mass is 926 g/mol. The lowest BCUT2D eigenvalue weighted by Crippen LogP contribution is -2.67. The molecule has 22 atom stereocenters. The second-order valence-electron chi connectivity index (χ2n) is 23.1. The molecule has 7 fully saturated rings. The zero-order valence-corrected chi connectivity index (χ0v) is 38.7. The number of aliphatic carboxylic acids is 1. The van der Waals surface area contributed by atoms with Crippen LogP contribution in [0.4, 0.5) is 0 Å². The van der Waals surface area contributed by atoms with Crippen LogP contribution in [-0.2, 0) is 38.0 Å². The van der Waals surface area contributed by atoms with Crippen LogP contribution in [0.3, 0.4) is 0 Å². The Morgan fingerprint density at radius 1 is 0.708 bits per heavy atom. The molecule has 0 bridgehead atoms. The maximum absolute atomic E-state index is 14.7. The number of esters is 1. The highest BCUT2D eigenvalue weighted by molar-refractivity contribution is 5.79. The SMILES string of the molecule is CC1(C)CC[C@]2(C(=O)O[C@@H]3O[C@@H](CO)[C@H](O)[C@@H](O)[C@@H]3O)CC[C@]3(C)C(=CC[C@@H]4[C@@]5(C)CC[C@H](O[C@@H]6O[C@H](C(=O)O)[C@@H](O)[C@H](O[C@@H]7OC[C@@H](O)[C@H](O)[C@H]7O)[C@H]6O)C(C)(C)[C@@H]5CC[C@]43C)[C@@H]2C1. The molecule has 0 radical (unpaired) electrons. The summed E-state index contributed by atoms with van der Waals surface area (Å²) in [6.07, 6.45) is -13.7. The fourth-order valence-corrected chi connectivity index (χ4v) is 14.7. The zero-order valence-electron chi connectivity index (χ0n) is 38.7. The normalized spacial score (nSPS) is 52.7. The van der Waals surface area contributed by atoms with Crippen molar-refractivity contribution in [3.63, 3.8) is 0 Å². The van der Waals surface area contributed by atoms with Gasteiger partial charge in [0.15, 0.2) is 18.7 Å². The maximum Gasteiger partial charge on any atom is 0.335 e. The van der Waals surface area contributed by atoms with Crippen molar-refractivity contribution < 1.29 is 89.1 Å². The van der Waals surface area contributed by atoms with E-state index >= 15 is 0 Å². The van der Waals surface area contributed by atoms with Gasteiger partial charge in [-0.15, -0.1) is 0 Å². The second kappa shape index (κ2) is 17.2. The minimum Gasteiger partial charge on any atom is -0.479 e. The highest BCUT2D eigenvalue weighted by Crippen LogP contribution is 2.76. The molecular weight excluding hydrogens is 852 g/mol. The Bertz CT molecular complexity index is 1820. The molecule has 0 aromatic carbocycles. The number of carboxylic acid groups (broad SMARTS) is 1. The third kappa shape index (κ3) is 7.76. The largest absolute Gasteiger partial charge is 0.479 e. The minimum absolute atomic E-state index is 0.0677. The lowest BCUT2D eigenvalue weighted by atomic mass is 9.33. The van der Waals surface area contributed by atoms with E-state index in [4.69, 9.17) is 28.4 Å². The first-order chi connectivity index (χ1) is 30.3. The van der Waals surface area contributed by atoms with Gasteiger partial charge in [0, 0.05) is 0 Å². The number of aliphatic hydroxyl groups excluding tert-OH is 9. The number of rotatable bonds is 8. The Labute approximate surface area is 380 Å². The van der Waals surface area contributed by atoms with Crippen molar-refractivity contribution >= 4 is 11.9 Å². The van der Waals surface area contributed by atoms with E-state index in [1.54, 1.807) is 0 Å². The molecule has 65 heavy (non-hydrogen) atoms. The number of aliphatic hydroxyl groups is 9. The van der Waals surface area contributed by atoms with Gasteiger partial charge in [-0.05, 0) is 109 Å². The van der Waals surface area contributed by atoms with E-state index in [2.05, 4.69) is 54.5 Å². The van der Waals surface area contributed by atoms with Gasteiger partial charge in [0.2, 0.25) is 6.29 Å². The molecule has 0 unspecified atom stereocenters. The average Bonchev–Trinajstić information content (AvgIpc) is 3.24. The van der Waals surface area contributed by atoms with E-state index in [9.17, 15) is 60.7 Å². The second-order valence-corrected chi connectivity index (χ2v) is 23.1. The summed E-state index contributed by atoms with van der Waals surface area (Å²) in [5.41, 5.74) is -0.846. The quantitative estimate of drug-likeness (QED) is 0.0918. The number of carbonyl (C=O) groups is 2. The molecule has 5 aliphatic carbocycles. The molecule has 10 N–H and O–H groups in total. The Morgan fingerprint density at radius 2 is 1.38 bits per heavy atom. The van der Waals surface area contributed by atoms with Crippen LogP contribution in [-0.4, -0.2) is 168 Å². The first-order valence-electron chi connectivity index (χ1n) is 23.7. The highest BCUT2D eigenvalue weighted by Gasteiger charge is 2.70. The van der Waals surface area contributed by atoms with Crippen LogP contribution < -0.4 is 0 Å². The van der Waals surface area contributed by atoms with E-state index < -0.39 is 128 Å². The van der Waals surface area contributed by atoms with Gasteiger partial charge in [-0.25, -0.2) is 4.79 Å². The Hall–Kier alpha value is -1.88. The summed E-state index contributed by atoms with van der Waals surface area (Å²) in [5.74, 6) is -1.80. The molecule has 0 aromatic heterocycles. The lowest BCUT2D eigenvalue weighted by Gasteiger charge is -2.71. The molecule has 3 heterocycles. The summed E-state index contributed by atoms with van der Waals surface area (Å²) in [6.45, 7) is 14.9. The molecule has 3 saturated heterocycles. The fourth-order valence-electron chi connectivity index (χ4n) is 14.7. The minimum atomic E-state index is -1.90. The first kappa shape index (κ1) is 49.5. The van der Waals surface area contributed by atoms with Crippen molar-refractivity contribution in [2.45, 2.75) is 205 Å². The Balaban J connectivity index is 1.03. The standard InChI is InChI=1S/C47H74O18/c1-42(2)14-16-47(41(59)65-39-32(54)30(52)29(51)24(19-48)61-39)17-15-45(6)21(22(47)18-42)8-9-26-44(5)12-11-27(43(3,4)25(44)10-13-46(26,45)7)62-40-34(56)35(33(55)36(64-40)37(57)58)63-38-31(53)28(50)23(49)20-60-38/h8,22-36,38-40,48-56H,9-20H2,1-7H3,(H,57,58)/t22-,23+,24-,25-,26+,27-,28-,29-,30+,31+,32-,33-,34+,35-,36-,38-,39-,40+,44-,45+,46+,47-/m0/s1. The lowest BCUT2D eigenvalue weighted by molar-refractivity contribution is -0.357. The Kier molecular flexibility index (Phi) is 13.1. The predicted molar refractivity (Wildman–Crippen MR) is 225 cm³/mol.